The number of nitrogens with two attached hydrogens (primary N) is 1. The molecule has 1 amide bonds. The standard InChI is InChI=1S/C11H21N3O.ClH/c1-8-9(12)5-7-14(8)11(15)10-4-2-3-6-13-10;/h8-10,13H,2-7,12H2,1H3;1H/t8?,9?,10-;/m0./s1. The van der Waals surface area contributed by atoms with Crippen LogP contribution in [0.4, 0.5) is 0 Å². The molecule has 0 aromatic carbocycles. The van der Waals surface area contributed by atoms with Crippen LogP contribution in [0.5, 0.6) is 0 Å². The van der Waals surface area contributed by atoms with E-state index < -0.39 is 0 Å². The number of nitrogens with one attached hydrogen (secondary N) is 1. The second kappa shape index (κ2) is 5.84. The SMILES string of the molecule is CC1C(N)CCN1C(=O)[C@@H]1CCCCN1.Cl. The van der Waals surface area contributed by atoms with Gasteiger partial charge in [-0.15, -0.1) is 12.4 Å². The van der Waals surface area contributed by atoms with E-state index in [1.165, 1.54) is 6.42 Å². The molecule has 5 heteroatoms. The Bertz CT molecular complexity index is 243. The van der Waals surface area contributed by atoms with E-state index >= 15 is 0 Å². The van der Waals surface area contributed by atoms with Crippen LogP contribution in [0.3, 0.4) is 0 Å². The number of likely N-dealkylation sites (tertiary alicyclic amines) is 1. The summed E-state index contributed by atoms with van der Waals surface area (Å²) in [6.45, 7) is 3.86. The van der Waals surface area contributed by atoms with Gasteiger partial charge in [-0.2, -0.15) is 0 Å². The van der Waals surface area contributed by atoms with Gasteiger partial charge in [-0.25, -0.2) is 0 Å². The van der Waals surface area contributed by atoms with Crippen LogP contribution in [0.2, 0.25) is 0 Å². The maximum absolute atomic E-state index is 12.2. The number of hydrogen-bond acceptors (Lipinski definition) is 3. The summed E-state index contributed by atoms with van der Waals surface area (Å²) in [7, 11) is 0. The van der Waals surface area contributed by atoms with Gasteiger partial charge in [0.2, 0.25) is 5.91 Å². The van der Waals surface area contributed by atoms with E-state index in [2.05, 4.69) is 12.2 Å². The Morgan fingerprint density at radius 1 is 1.38 bits per heavy atom. The molecule has 3 atom stereocenters. The van der Waals surface area contributed by atoms with Gasteiger partial charge in [-0.3, -0.25) is 4.79 Å². The maximum Gasteiger partial charge on any atom is 0.239 e. The molecular weight excluding hydrogens is 226 g/mol. The van der Waals surface area contributed by atoms with E-state index in [0.29, 0.717) is 0 Å². The van der Waals surface area contributed by atoms with Crippen molar-refractivity contribution in [2.24, 2.45) is 5.73 Å². The highest BCUT2D eigenvalue weighted by Gasteiger charge is 2.35. The van der Waals surface area contributed by atoms with E-state index in [0.717, 1.165) is 32.4 Å². The predicted molar refractivity (Wildman–Crippen MR) is 66.7 cm³/mol. The lowest BCUT2D eigenvalue weighted by molar-refractivity contribution is -0.134. The summed E-state index contributed by atoms with van der Waals surface area (Å²) in [6.07, 6.45) is 4.29. The van der Waals surface area contributed by atoms with Gasteiger partial charge >= 0.3 is 0 Å². The largest absolute Gasteiger partial charge is 0.337 e. The Balaban J connectivity index is 0.00000128. The molecule has 2 unspecified atom stereocenters. The second-order valence-corrected chi connectivity index (χ2v) is 4.73. The van der Waals surface area contributed by atoms with Crippen molar-refractivity contribution in [3.8, 4) is 0 Å². The van der Waals surface area contributed by atoms with Gasteiger partial charge in [-0.1, -0.05) is 6.42 Å². The topological polar surface area (TPSA) is 58.4 Å². The second-order valence-electron chi connectivity index (χ2n) is 4.73. The smallest absolute Gasteiger partial charge is 0.239 e. The third-order valence-electron chi connectivity index (χ3n) is 3.71. The number of rotatable bonds is 1. The first kappa shape index (κ1) is 13.7. The van der Waals surface area contributed by atoms with Crippen molar-refractivity contribution in [3.05, 3.63) is 0 Å². The molecule has 94 valence electrons. The van der Waals surface area contributed by atoms with Crippen LogP contribution in [-0.4, -0.2) is 42.0 Å². The number of carbonyl (C=O) groups excluding carboxylic acids is 1. The molecule has 2 heterocycles. The highest BCUT2D eigenvalue weighted by Crippen LogP contribution is 2.19. The van der Waals surface area contributed by atoms with Crippen molar-refractivity contribution in [1.29, 1.82) is 0 Å². The summed E-state index contributed by atoms with van der Waals surface area (Å²) in [5.41, 5.74) is 5.92. The first-order valence-electron chi connectivity index (χ1n) is 5.99. The van der Waals surface area contributed by atoms with Gasteiger partial charge < -0.3 is 16.0 Å². The Kier molecular flexibility index (Phi) is 5.02. The molecule has 0 saturated carbocycles. The van der Waals surface area contributed by atoms with Crippen LogP contribution in [0, 0.1) is 0 Å². The minimum Gasteiger partial charge on any atom is -0.337 e. The number of carbonyl (C=O) groups is 1. The molecule has 0 radical (unpaired) electrons. The average Bonchev–Trinajstić information content (AvgIpc) is 2.60. The van der Waals surface area contributed by atoms with E-state index in [1.807, 2.05) is 4.90 Å². The highest BCUT2D eigenvalue weighted by atomic mass is 35.5. The normalized spacial score (nSPS) is 34.6. The highest BCUT2D eigenvalue weighted by molar-refractivity contribution is 5.85. The maximum atomic E-state index is 12.2. The molecule has 16 heavy (non-hydrogen) atoms. The Morgan fingerprint density at radius 3 is 2.62 bits per heavy atom. The van der Waals surface area contributed by atoms with Crippen molar-refractivity contribution in [1.82, 2.24) is 10.2 Å². The van der Waals surface area contributed by atoms with Gasteiger partial charge in [-0.05, 0) is 32.7 Å². The molecule has 0 bridgehead atoms. The van der Waals surface area contributed by atoms with E-state index in [-0.39, 0.29) is 36.4 Å². The third kappa shape index (κ3) is 2.67. The third-order valence-corrected chi connectivity index (χ3v) is 3.71. The molecule has 2 aliphatic heterocycles. The molecular formula is C11H22ClN3O. The van der Waals surface area contributed by atoms with Crippen LogP contribution in [0.1, 0.15) is 32.6 Å². The van der Waals surface area contributed by atoms with Crippen LogP contribution in [0.15, 0.2) is 0 Å². The van der Waals surface area contributed by atoms with Gasteiger partial charge in [0.05, 0.1) is 6.04 Å². The number of halogens is 1. The molecule has 3 N–H and O–H groups in total. The first-order valence-corrected chi connectivity index (χ1v) is 5.99. The summed E-state index contributed by atoms with van der Waals surface area (Å²) in [4.78, 5) is 14.1. The van der Waals surface area contributed by atoms with Crippen molar-refractivity contribution in [2.75, 3.05) is 13.1 Å². The average molecular weight is 248 g/mol. The van der Waals surface area contributed by atoms with Crippen molar-refractivity contribution in [2.45, 2.75) is 50.7 Å². The Hall–Kier alpha value is -0.320. The van der Waals surface area contributed by atoms with E-state index in [9.17, 15) is 4.79 Å². The fourth-order valence-electron chi connectivity index (χ4n) is 2.54. The zero-order chi connectivity index (χ0) is 10.8. The predicted octanol–water partition coefficient (Wildman–Crippen LogP) is 0.498. The molecule has 2 saturated heterocycles. The number of hydrogen-bond donors (Lipinski definition) is 2. The summed E-state index contributed by atoms with van der Waals surface area (Å²) >= 11 is 0. The summed E-state index contributed by atoms with van der Waals surface area (Å²) in [5, 5.41) is 3.30. The molecule has 2 rings (SSSR count). The van der Waals surface area contributed by atoms with Crippen LogP contribution in [0.25, 0.3) is 0 Å². The van der Waals surface area contributed by atoms with Gasteiger partial charge in [0.25, 0.3) is 0 Å². The molecule has 0 spiro atoms. The molecule has 2 fully saturated rings. The summed E-state index contributed by atoms with van der Waals surface area (Å²) in [6, 6.07) is 0.422. The van der Waals surface area contributed by atoms with Crippen molar-refractivity contribution in [3.63, 3.8) is 0 Å². The molecule has 0 aromatic heterocycles. The van der Waals surface area contributed by atoms with Gasteiger partial charge in [0, 0.05) is 18.6 Å². The minimum atomic E-state index is 0. The fourth-order valence-corrected chi connectivity index (χ4v) is 2.54. The number of nitrogens with zero attached hydrogens (tertiary/aromatic N) is 1. The number of piperidine rings is 1. The number of amides is 1. The zero-order valence-corrected chi connectivity index (χ0v) is 10.6. The lowest BCUT2D eigenvalue weighted by Crippen LogP contribution is -2.51. The molecule has 2 aliphatic rings. The van der Waals surface area contributed by atoms with Crippen LogP contribution < -0.4 is 11.1 Å². The van der Waals surface area contributed by atoms with Crippen LogP contribution in [-0.2, 0) is 4.79 Å². The van der Waals surface area contributed by atoms with Crippen LogP contribution >= 0.6 is 12.4 Å². The Morgan fingerprint density at radius 2 is 2.12 bits per heavy atom. The molecule has 4 nitrogen and oxygen atoms in total. The van der Waals surface area contributed by atoms with Gasteiger partial charge in [0.15, 0.2) is 0 Å². The quantitative estimate of drug-likeness (QED) is 0.710. The fraction of sp³-hybridized carbons (Fsp3) is 0.909. The Labute approximate surface area is 103 Å². The van der Waals surface area contributed by atoms with E-state index in [1.54, 1.807) is 0 Å². The lowest BCUT2D eigenvalue weighted by atomic mass is 10.0. The lowest BCUT2D eigenvalue weighted by Gasteiger charge is -2.30. The van der Waals surface area contributed by atoms with Gasteiger partial charge in [0.1, 0.15) is 0 Å². The van der Waals surface area contributed by atoms with Crippen molar-refractivity contribution >= 4 is 18.3 Å². The molecule has 0 aliphatic carbocycles. The monoisotopic (exact) mass is 247 g/mol. The molecule has 0 aromatic rings. The first-order chi connectivity index (χ1) is 7.20. The summed E-state index contributed by atoms with van der Waals surface area (Å²) in [5.74, 6) is 0.259. The van der Waals surface area contributed by atoms with Crippen molar-refractivity contribution < 1.29 is 4.79 Å². The minimum absolute atomic E-state index is 0. The zero-order valence-electron chi connectivity index (χ0n) is 9.82. The summed E-state index contributed by atoms with van der Waals surface area (Å²) < 4.78 is 0. The van der Waals surface area contributed by atoms with E-state index in [4.69, 9.17) is 5.73 Å².